The number of hydrogen-bond donors (Lipinski definition) is 0. The highest BCUT2D eigenvalue weighted by atomic mass is 16.0. The summed E-state index contributed by atoms with van der Waals surface area (Å²) in [6, 6.07) is 0. The Morgan fingerprint density at radius 3 is 0.760 bits per heavy atom. The number of unbranched alkanes of at least 4 members (excludes halogenated alkanes) is 15. The Bertz CT molecular complexity index is 179. The predicted octanol–water partition coefficient (Wildman–Crippen LogP) is 7.40. The fourth-order valence-corrected chi connectivity index (χ4v) is 3.07. The molecule has 0 saturated carbocycles. The van der Waals surface area contributed by atoms with Crippen LogP contribution in [0.3, 0.4) is 0 Å². The Morgan fingerprint density at radius 2 is 0.640 bits per heavy atom. The fraction of sp³-hybridized carbons (Fsp3) is 1.00. The van der Waals surface area contributed by atoms with Crippen LogP contribution in [0, 0.1) is 0 Å². The molecule has 0 heterocycles. The first-order valence-corrected chi connectivity index (χ1v) is 11.3. The van der Waals surface area contributed by atoms with E-state index in [-0.39, 0.29) is 5.48 Å². The second kappa shape index (κ2) is 28.7. The van der Waals surface area contributed by atoms with Crippen molar-refractivity contribution in [3.63, 3.8) is 0 Å². The third-order valence-corrected chi connectivity index (χ3v) is 4.63. The lowest BCUT2D eigenvalue weighted by Gasteiger charge is -2.03. The van der Waals surface area contributed by atoms with Gasteiger partial charge >= 0.3 is 0 Å². The first-order chi connectivity index (χ1) is 11.7. The first kappa shape index (κ1) is 29.7. The van der Waals surface area contributed by atoms with Crippen molar-refractivity contribution < 1.29 is 5.48 Å². The number of hydrogen-bond acceptors (Lipinski definition) is 1. The van der Waals surface area contributed by atoms with E-state index in [1.807, 2.05) is 0 Å². The maximum absolute atomic E-state index is 2.29. The quantitative estimate of drug-likeness (QED) is 0.249. The van der Waals surface area contributed by atoms with Gasteiger partial charge in [0, 0.05) is 0 Å². The van der Waals surface area contributed by atoms with E-state index in [1.165, 1.54) is 116 Å². The third kappa shape index (κ3) is 35.8. The molecule has 0 fully saturated rings. The summed E-state index contributed by atoms with van der Waals surface area (Å²) in [6.45, 7) is 7.98. The van der Waals surface area contributed by atoms with E-state index >= 15 is 0 Å². The molecule has 0 rings (SSSR count). The lowest BCUT2D eigenvalue weighted by atomic mass is 10.0. The van der Waals surface area contributed by atoms with E-state index in [1.54, 1.807) is 0 Å². The van der Waals surface area contributed by atoms with Gasteiger partial charge in [-0.2, -0.15) is 0 Å². The first-order valence-electron chi connectivity index (χ1n) is 11.3. The topological polar surface area (TPSA) is 34.7 Å². The van der Waals surface area contributed by atoms with E-state index < -0.39 is 0 Å². The highest BCUT2D eigenvalue weighted by Crippen LogP contribution is 2.13. The van der Waals surface area contributed by atoms with Crippen molar-refractivity contribution in [2.75, 3.05) is 20.6 Å². The summed E-state index contributed by atoms with van der Waals surface area (Å²) in [5.41, 5.74) is 0. The van der Waals surface area contributed by atoms with Crippen LogP contribution < -0.4 is 0 Å². The minimum absolute atomic E-state index is 0. The Morgan fingerprint density at radius 1 is 0.400 bits per heavy atom. The molecule has 0 unspecified atom stereocenters. The highest BCUT2D eigenvalue weighted by Gasteiger charge is 1.93. The van der Waals surface area contributed by atoms with Crippen LogP contribution in [0.2, 0.25) is 0 Å². The molecule has 156 valence electrons. The van der Waals surface area contributed by atoms with Gasteiger partial charge in [-0.15, -0.1) is 0 Å². The third-order valence-electron chi connectivity index (χ3n) is 4.63. The molecule has 2 nitrogen and oxygen atoms in total. The summed E-state index contributed by atoms with van der Waals surface area (Å²) in [6.07, 6.45) is 24.7. The number of rotatable bonds is 17. The molecule has 2 heteroatoms. The maximum atomic E-state index is 2.29. The molecule has 25 heavy (non-hydrogen) atoms. The molecule has 0 radical (unpaired) electrons. The van der Waals surface area contributed by atoms with Crippen molar-refractivity contribution in [3.8, 4) is 0 Å². The van der Waals surface area contributed by atoms with E-state index in [9.17, 15) is 0 Å². The Kier molecular flexibility index (Phi) is 34.1. The van der Waals surface area contributed by atoms with Crippen molar-refractivity contribution in [3.05, 3.63) is 0 Å². The molecule has 0 aliphatic rings. The summed E-state index contributed by atoms with van der Waals surface area (Å²) in [5.74, 6) is 0. The summed E-state index contributed by atoms with van der Waals surface area (Å²) in [7, 11) is 4.17. The molecule has 0 spiro atoms. The van der Waals surface area contributed by atoms with Gasteiger partial charge in [0.15, 0.2) is 0 Å². The van der Waals surface area contributed by atoms with Crippen molar-refractivity contribution in [1.29, 1.82) is 0 Å². The van der Waals surface area contributed by atoms with Gasteiger partial charge in [0.2, 0.25) is 0 Å². The van der Waals surface area contributed by atoms with Gasteiger partial charge in [-0.3, -0.25) is 0 Å². The van der Waals surface area contributed by atoms with Crippen LogP contribution in [-0.2, 0) is 0 Å². The molecule has 0 aromatic rings. The Balaban J connectivity index is -0.000000592. The van der Waals surface area contributed by atoms with Crippen molar-refractivity contribution >= 4 is 0 Å². The maximum Gasteiger partial charge on any atom is -0.00275 e. The van der Waals surface area contributed by atoms with Gasteiger partial charge in [0.25, 0.3) is 0 Å². The van der Waals surface area contributed by atoms with E-state index in [4.69, 9.17) is 0 Å². The average molecular weight is 360 g/mol. The van der Waals surface area contributed by atoms with E-state index in [0.29, 0.717) is 0 Å². The van der Waals surface area contributed by atoms with Crippen LogP contribution in [-0.4, -0.2) is 31.0 Å². The molecule has 0 aromatic heterocycles. The standard InChI is InChI=1S/C18H38.C5H13N.H2O/c1-3-5-7-9-11-13-15-17-18-16-14-12-10-8-6-4-2;1-4-5-6(2)3;/h3-18H2,1-2H3;4-5H2,1-3H3;1H2. The molecular weight excluding hydrogens is 306 g/mol. The molecule has 0 aliphatic heterocycles. The van der Waals surface area contributed by atoms with Crippen molar-refractivity contribution in [2.45, 2.75) is 130 Å². The van der Waals surface area contributed by atoms with Crippen LogP contribution in [0.1, 0.15) is 130 Å². The van der Waals surface area contributed by atoms with Gasteiger partial charge in [-0.1, -0.05) is 124 Å². The lowest BCUT2D eigenvalue weighted by molar-refractivity contribution is 0.408. The largest absolute Gasteiger partial charge is 0.412 e. The molecular formula is C23H53NO. The zero-order valence-electron chi connectivity index (χ0n) is 18.7. The Hall–Kier alpha value is -0.0800. The van der Waals surface area contributed by atoms with Crippen LogP contribution in [0.25, 0.3) is 0 Å². The molecule has 0 saturated heterocycles. The van der Waals surface area contributed by atoms with Gasteiger partial charge in [0.05, 0.1) is 0 Å². The summed E-state index contributed by atoms with van der Waals surface area (Å²) in [4.78, 5) is 2.18. The van der Waals surface area contributed by atoms with Crippen molar-refractivity contribution in [1.82, 2.24) is 4.90 Å². The molecule has 0 aliphatic carbocycles. The highest BCUT2D eigenvalue weighted by molar-refractivity contribution is 4.49. The van der Waals surface area contributed by atoms with Crippen LogP contribution in [0.4, 0.5) is 0 Å². The van der Waals surface area contributed by atoms with Crippen LogP contribution in [0.5, 0.6) is 0 Å². The number of nitrogens with zero attached hydrogens (tertiary/aromatic N) is 1. The smallest absolute Gasteiger partial charge is 0.00275 e. The second-order valence-corrected chi connectivity index (χ2v) is 7.75. The fourth-order valence-electron chi connectivity index (χ4n) is 3.07. The van der Waals surface area contributed by atoms with Crippen LogP contribution in [0.15, 0.2) is 0 Å². The zero-order chi connectivity index (χ0) is 18.3. The van der Waals surface area contributed by atoms with Gasteiger partial charge in [-0.25, -0.2) is 0 Å². The summed E-state index contributed by atoms with van der Waals surface area (Å²) >= 11 is 0. The molecule has 0 atom stereocenters. The monoisotopic (exact) mass is 359 g/mol. The molecule has 0 bridgehead atoms. The van der Waals surface area contributed by atoms with Crippen LogP contribution >= 0.6 is 0 Å². The molecule has 0 aromatic carbocycles. The van der Waals surface area contributed by atoms with E-state index in [0.717, 1.165) is 0 Å². The normalized spacial score (nSPS) is 10.3. The Labute approximate surface area is 161 Å². The predicted molar refractivity (Wildman–Crippen MR) is 118 cm³/mol. The summed E-state index contributed by atoms with van der Waals surface area (Å²) in [5, 5.41) is 0. The molecule has 0 amide bonds. The van der Waals surface area contributed by atoms with E-state index in [2.05, 4.69) is 39.8 Å². The second-order valence-electron chi connectivity index (χ2n) is 7.75. The molecule has 2 N–H and O–H groups in total. The average Bonchev–Trinajstić information content (AvgIpc) is 2.56. The lowest BCUT2D eigenvalue weighted by Crippen LogP contribution is -2.11. The van der Waals surface area contributed by atoms with Crippen molar-refractivity contribution in [2.24, 2.45) is 0 Å². The van der Waals surface area contributed by atoms with Gasteiger partial charge in [-0.05, 0) is 27.1 Å². The summed E-state index contributed by atoms with van der Waals surface area (Å²) < 4.78 is 0. The SMILES string of the molecule is CCCCCCCCCCCCCCCCCC.CCCN(C)C.O. The van der Waals surface area contributed by atoms with Gasteiger partial charge < -0.3 is 10.4 Å². The zero-order valence-corrected chi connectivity index (χ0v) is 18.7. The minimum atomic E-state index is 0. The minimum Gasteiger partial charge on any atom is -0.412 e. The van der Waals surface area contributed by atoms with Gasteiger partial charge in [0.1, 0.15) is 0 Å².